The number of hydrogen-bond donors (Lipinski definition) is 0. The van der Waals surface area contributed by atoms with E-state index < -0.39 is 23.2 Å². The first-order valence-electron chi connectivity index (χ1n) is 11.2. The second kappa shape index (κ2) is 10.0. The molecular formula is C28H24O8. The molecule has 8 heteroatoms. The average Bonchev–Trinajstić information content (AvgIpc) is 2.82. The van der Waals surface area contributed by atoms with Gasteiger partial charge in [0.15, 0.2) is 0 Å². The third-order valence-corrected chi connectivity index (χ3v) is 5.98. The van der Waals surface area contributed by atoms with Crippen molar-refractivity contribution >= 4 is 33.9 Å². The van der Waals surface area contributed by atoms with Crippen molar-refractivity contribution in [3.8, 4) is 0 Å². The first kappa shape index (κ1) is 24.7. The van der Waals surface area contributed by atoms with Crippen LogP contribution in [0.1, 0.15) is 33.4 Å². The van der Waals surface area contributed by atoms with Crippen LogP contribution in [0.4, 0.5) is 0 Å². The van der Waals surface area contributed by atoms with Gasteiger partial charge in [-0.1, -0.05) is 0 Å². The number of aryl methyl sites for hydroxylation is 4. The van der Waals surface area contributed by atoms with Crippen LogP contribution in [0.25, 0.3) is 21.9 Å². The minimum Gasteiger partial charge on any atom is -0.458 e. The standard InChI is InChI=1S/C28H24O8/c1-15-7-21-19(11-27(31)35-23(21)9-17(15)3)13-33-25(29)5-6-26(30)34-14-20-12-28(32)36-24-10-18(4)16(2)8-22(20)24/h5-12H,13-14H2,1-4H3/b6-5+. The van der Waals surface area contributed by atoms with Gasteiger partial charge in [0, 0.05) is 46.2 Å². The first-order chi connectivity index (χ1) is 17.1. The lowest BCUT2D eigenvalue weighted by atomic mass is 10.0. The SMILES string of the molecule is Cc1cc2oc(=O)cc(COC(=O)/C=C/C(=O)OCc3cc(=O)oc4cc(C)c(C)cc34)c2cc1C. The van der Waals surface area contributed by atoms with Crippen LogP contribution in [-0.4, -0.2) is 11.9 Å². The molecule has 0 fully saturated rings. The van der Waals surface area contributed by atoms with Crippen molar-refractivity contribution in [1.82, 2.24) is 0 Å². The van der Waals surface area contributed by atoms with Gasteiger partial charge in [-0.25, -0.2) is 19.2 Å². The molecule has 0 saturated carbocycles. The summed E-state index contributed by atoms with van der Waals surface area (Å²) in [6.07, 6.45) is 1.88. The fourth-order valence-corrected chi connectivity index (χ4v) is 3.73. The van der Waals surface area contributed by atoms with Crippen molar-refractivity contribution < 1.29 is 27.9 Å². The van der Waals surface area contributed by atoms with E-state index in [1.165, 1.54) is 12.1 Å². The Morgan fingerprint density at radius 1 is 0.639 bits per heavy atom. The highest BCUT2D eigenvalue weighted by atomic mass is 16.5. The van der Waals surface area contributed by atoms with Gasteiger partial charge in [0.05, 0.1) is 0 Å². The number of carbonyl (C=O) groups is 2. The highest BCUT2D eigenvalue weighted by Crippen LogP contribution is 2.23. The van der Waals surface area contributed by atoms with E-state index in [2.05, 4.69) is 0 Å². The van der Waals surface area contributed by atoms with Crippen molar-refractivity contribution in [3.05, 3.63) is 103 Å². The second-order valence-corrected chi connectivity index (χ2v) is 8.60. The van der Waals surface area contributed by atoms with Gasteiger partial charge in [-0.3, -0.25) is 0 Å². The van der Waals surface area contributed by atoms with Crippen molar-refractivity contribution in [1.29, 1.82) is 0 Å². The van der Waals surface area contributed by atoms with Crippen LogP contribution < -0.4 is 11.3 Å². The molecule has 0 saturated heterocycles. The van der Waals surface area contributed by atoms with Gasteiger partial charge in [-0.2, -0.15) is 0 Å². The number of benzene rings is 2. The van der Waals surface area contributed by atoms with Crippen LogP contribution in [0.5, 0.6) is 0 Å². The average molecular weight is 488 g/mol. The summed E-state index contributed by atoms with van der Waals surface area (Å²) in [5.74, 6) is -1.57. The highest BCUT2D eigenvalue weighted by molar-refractivity contribution is 5.92. The van der Waals surface area contributed by atoms with E-state index in [1.807, 2.05) is 39.8 Å². The molecule has 2 aromatic heterocycles. The zero-order valence-corrected chi connectivity index (χ0v) is 20.3. The smallest absolute Gasteiger partial charge is 0.336 e. The van der Waals surface area contributed by atoms with E-state index in [-0.39, 0.29) is 13.2 Å². The molecule has 0 radical (unpaired) electrons. The first-order valence-corrected chi connectivity index (χ1v) is 11.2. The molecule has 0 aliphatic rings. The zero-order valence-electron chi connectivity index (χ0n) is 20.3. The maximum atomic E-state index is 12.2. The van der Waals surface area contributed by atoms with Crippen LogP contribution in [0.15, 0.2) is 67.0 Å². The Hall–Kier alpha value is -4.46. The normalized spacial score (nSPS) is 11.3. The van der Waals surface area contributed by atoms with Gasteiger partial charge in [0.1, 0.15) is 24.4 Å². The molecule has 0 N–H and O–H groups in total. The maximum Gasteiger partial charge on any atom is 0.336 e. The Morgan fingerprint density at radius 2 is 1.00 bits per heavy atom. The van der Waals surface area contributed by atoms with Gasteiger partial charge < -0.3 is 18.3 Å². The predicted molar refractivity (Wildman–Crippen MR) is 133 cm³/mol. The summed E-state index contributed by atoms with van der Waals surface area (Å²) in [7, 11) is 0. The number of rotatable bonds is 6. The predicted octanol–water partition coefficient (Wildman–Crippen LogP) is 4.48. The van der Waals surface area contributed by atoms with E-state index in [0.717, 1.165) is 34.4 Å². The van der Waals surface area contributed by atoms with Crippen molar-refractivity contribution in [3.63, 3.8) is 0 Å². The van der Waals surface area contributed by atoms with Gasteiger partial charge in [-0.05, 0) is 74.2 Å². The van der Waals surface area contributed by atoms with Crippen molar-refractivity contribution in [2.75, 3.05) is 0 Å². The molecule has 0 unspecified atom stereocenters. The molecule has 0 spiro atoms. The van der Waals surface area contributed by atoms with Gasteiger partial charge in [0.25, 0.3) is 0 Å². The molecule has 0 aliphatic carbocycles. The molecule has 0 atom stereocenters. The lowest BCUT2D eigenvalue weighted by molar-refractivity contribution is -0.141. The lowest BCUT2D eigenvalue weighted by Crippen LogP contribution is -2.08. The van der Waals surface area contributed by atoms with E-state index in [9.17, 15) is 19.2 Å². The summed E-state index contributed by atoms with van der Waals surface area (Å²) >= 11 is 0. The Morgan fingerprint density at radius 3 is 1.39 bits per heavy atom. The van der Waals surface area contributed by atoms with E-state index in [1.54, 1.807) is 12.1 Å². The van der Waals surface area contributed by atoms with Crippen LogP contribution >= 0.6 is 0 Å². The maximum absolute atomic E-state index is 12.2. The van der Waals surface area contributed by atoms with Crippen LogP contribution in [0.2, 0.25) is 0 Å². The molecule has 8 nitrogen and oxygen atoms in total. The minimum atomic E-state index is -0.783. The Kier molecular flexibility index (Phi) is 6.87. The van der Waals surface area contributed by atoms with Crippen molar-refractivity contribution in [2.45, 2.75) is 40.9 Å². The van der Waals surface area contributed by atoms with Gasteiger partial charge >= 0.3 is 23.2 Å². The minimum absolute atomic E-state index is 0.173. The molecule has 2 heterocycles. The third-order valence-electron chi connectivity index (χ3n) is 5.98. The molecule has 36 heavy (non-hydrogen) atoms. The largest absolute Gasteiger partial charge is 0.458 e. The number of fused-ring (bicyclic) bond motifs is 2. The molecule has 184 valence electrons. The molecule has 4 rings (SSSR count). The number of hydrogen-bond acceptors (Lipinski definition) is 8. The summed E-state index contributed by atoms with van der Waals surface area (Å²) in [5, 5.41) is 1.33. The van der Waals surface area contributed by atoms with Crippen molar-refractivity contribution in [2.24, 2.45) is 0 Å². The summed E-state index contributed by atoms with van der Waals surface area (Å²) in [6, 6.07) is 9.78. The summed E-state index contributed by atoms with van der Waals surface area (Å²) in [4.78, 5) is 48.1. The number of esters is 2. The Labute approximate surface area is 205 Å². The lowest BCUT2D eigenvalue weighted by Gasteiger charge is -2.09. The van der Waals surface area contributed by atoms with Crippen LogP contribution in [-0.2, 0) is 32.3 Å². The molecule has 4 aromatic rings. The molecule has 0 amide bonds. The number of carbonyl (C=O) groups excluding carboxylic acids is 2. The Bertz CT molecular complexity index is 1530. The van der Waals surface area contributed by atoms with E-state index >= 15 is 0 Å². The van der Waals surface area contributed by atoms with E-state index in [4.69, 9.17) is 18.3 Å². The van der Waals surface area contributed by atoms with E-state index in [0.29, 0.717) is 33.1 Å². The zero-order chi connectivity index (χ0) is 26.0. The van der Waals surface area contributed by atoms with Gasteiger partial charge in [0.2, 0.25) is 0 Å². The quantitative estimate of drug-likeness (QED) is 0.222. The highest BCUT2D eigenvalue weighted by Gasteiger charge is 2.12. The van der Waals surface area contributed by atoms with Gasteiger partial charge in [-0.15, -0.1) is 0 Å². The topological polar surface area (TPSA) is 113 Å². The molecular weight excluding hydrogens is 464 g/mol. The fourth-order valence-electron chi connectivity index (χ4n) is 3.73. The molecule has 2 aromatic carbocycles. The molecule has 0 aliphatic heterocycles. The summed E-state index contributed by atoms with van der Waals surface area (Å²) in [6.45, 7) is 7.32. The Balaban J connectivity index is 1.40. The summed E-state index contributed by atoms with van der Waals surface area (Å²) < 4.78 is 20.9. The van der Waals surface area contributed by atoms with Crippen LogP contribution in [0, 0.1) is 27.7 Å². The van der Waals surface area contributed by atoms with Crippen LogP contribution in [0.3, 0.4) is 0 Å². The third kappa shape index (κ3) is 5.43. The number of ether oxygens (including phenoxy) is 2. The summed E-state index contributed by atoms with van der Waals surface area (Å²) in [5.41, 5.74) is 4.64. The monoisotopic (exact) mass is 488 g/mol. The second-order valence-electron chi connectivity index (χ2n) is 8.60. The molecule has 0 bridgehead atoms. The fraction of sp³-hybridized carbons (Fsp3) is 0.214.